The highest BCUT2D eigenvalue weighted by Crippen LogP contribution is 2.28. The van der Waals surface area contributed by atoms with E-state index in [0.717, 1.165) is 11.1 Å². The van der Waals surface area contributed by atoms with E-state index < -0.39 is 6.04 Å². The van der Waals surface area contributed by atoms with Crippen LogP contribution in [0.15, 0.2) is 85.2 Å². The maximum Gasteiger partial charge on any atom is 0.180 e. The van der Waals surface area contributed by atoms with Crippen LogP contribution in [0.5, 0.6) is 0 Å². The van der Waals surface area contributed by atoms with Crippen LogP contribution in [-0.2, 0) is 6.42 Å². The molecule has 2 N–H and O–H groups in total. The lowest BCUT2D eigenvalue weighted by Gasteiger charge is -2.15. The fourth-order valence-corrected chi connectivity index (χ4v) is 3.19. The average molecular weight is 381 g/mol. The zero-order valence-electron chi connectivity index (χ0n) is 15.6. The predicted octanol–water partition coefficient (Wildman–Crippen LogP) is 3.35. The van der Waals surface area contributed by atoms with Crippen LogP contribution in [0.3, 0.4) is 0 Å². The van der Waals surface area contributed by atoms with Crippen molar-refractivity contribution in [2.24, 2.45) is 5.73 Å². The van der Waals surface area contributed by atoms with Crippen molar-refractivity contribution in [2.45, 2.75) is 12.5 Å². The Labute approximate surface area is 168 Å². The molecule has 29 heavy (non-hydrogen) atoms. The van der Waals surface area contributed by atoms with E-state index in [9.17, 15) is 4.79 Å². The molecule has 0 bridgehead atoms. The van der Waals surface area contributed by atoms with E-state index >= 15 is 0 Å². The minimum Gasteiger partial charge on any atom is -0.321 e. The number of carbonyl (C=O) groups excluding carboxylic acids is 1. The topological polar surface area (TPSA) is 94.7 Å². The molecule has 142 valence electrons. The molecule has 6 nitrogen and oxygen atoms in total. The van der Waals surface area contributed by atoms with Gasteiger partial charge < -0.3 is 5.73 Å². The van der Waals surface area contributed by atoms with Gasteiger partial charge in [0.05, 0.1) is 17.4 Å². The van der Waals surface area contributed by atoms with Gasteiger partial charge in [-0.25, -0.2) is 0 Å². The number of Topliss-reactive ketones (excluding diaryl/α,β-unsaturated/α-hetero) is 1. The quantitative estimate of drug-likeness (QED) is 0.515. The summed E-state index contributed by atoms with van der Waals surface area (Å²) >= 11 is 0. The van der Waals surface area contributed by atoms with Gasteiger partial charge in [0.1, 0.15) is 0 Å². The van der Waals surface area contributed by atoms with Gasteiger partial charge in [0.15, 0.2) is 5.78 Å². The molecule has 2 aromatic heterocycles. The fourth-order valence-electron chi connectivity index (χ4n) is 3.19. The van der Waals surface area contributed by atoms with Crippen molar-refractivity contribution in [2.75, 3.05) is 0 Å². The van der Waals surface area contributed by atoms with Crippen LogP contribution in [0.4, 0.5) is 0 Å². The molecule has 4 rings (SSSR count). The summed E-state index contributed by atoms with van der Waals surface area (Å²) in [5.74, 6) is -0.139. The van der Waals surface area contributed by atoms with E-state index in [0.29, 0.717) is 28.9 Å². The Hall–Kier alpha value is -3.77. The molecule has 0 radical (unpaired) electrons. The molecule has 0 amide bonds. The number of carbonyl (C=O) groups is 1. The summed E-state index contributed by atoms with van der Waals surface area (Å²) in [6.45, 7) is 0. The smallest absolute Gasteiger partial charge is 0.180 e. The highest BCUT2D eigenvalue weighted by Gasteiger charge is 2.21. The number of ketones is 1. The summed E-state index contributed by atoms with van der Waals surface area (Å²) in [4.78, 5) is 13.2. The number of hydrogen-bond acceptors (Lipinski definition) is 6. The van der Waals surface area contributed by atoms with Crippen LogP contribution in [-0.4, -0.2) is 32.2 Å². The van der Waals surface area contributed by atoms with Crippen molar-refractivity contribution in [1.82, 2.24) is 20.4 Å². The molecule has 0 fully saturated rings. The molecule has 6 heteroatoms. The average Bonchev–Trinajstić information content (AvgIpc) is 2.80. The van der Waals surface area contributed by atoms with Gasteiger partial charge in [-0.2, -0.15) is 20.4 Å². The Bertz CT molecular complexity index is 1100. The van der Waals surface area contributed by atoms with Crippen LogP contribution in [0, 0.1) is 0 Å². The van der Waals surface area contributed by atoms with E-state index in [4.69, 9.17) is 5.73 Å². The van der Waals surface area contributed by atoms with Crippen LogP contribution in [0.1, 0.15) is 15.9 Å². The Kier molecular flexibility index (Phi) is 5.45. The minimum atomic E-state index is -0.657. The predicted molar refractivity (Wildman–Crippen MR) is 111 cm³/mol. The lowest BCUT2D eigenvalue weighted by molar-refractivity contribution is 0.0961. The number of hydrogen-bond donors (Lipinski definition) is 1. The van der Waals surface area contributed by atoms with Crippen molar-refractivity contribution >= 4 is 5.78 Å². The van der Waals surface area contributed by atoms with Crippen molar-refractivity contribution in [3.63, 3.8) is 0 Å². The highest BCUT2D eigenvalue weighted by atomic mass is 16.1. The second kappa shape index (κ2) is 8.50. The van der Waals surface area contributed by atoms with Crippen molar-refractivity contribution < 1.29 is 4.79 Å². The van der Waals surface area contributed by atoms with E-state index in [-0.39, 0.29) is 5.78 Å². The maximum absolute atomic E-state index is 13.2. The Balaban J connectivity index is 1.73. The first-order valence-corrected chi connectivity index (χ1v) is 9.26. The van der Waals surface area contributed by atoms with E-state index in [2.05, 4.69) is 20.4 Å². The second-order valence-corrected chi connectivity index (χ2v) is 6.64. The number of nitrogens with zero attached hydrogens (tertiary/aromatic N) is 4. The third-order valence-corrected chi connectivity index (χ3v) is 4.64. The normalized spacial score (nSPS) is 11.8. The van der Waals surface area contributed by atoms with Crippen molar-refractivity contribution in [3.05, 3.63) is 96.3 Å². The maximum atomic E-state index is 13.2. The summed E-state index contributed by atoms with van der Waals surface area (Å²) in [6, 6.07) is 21.9. The van der Waals surface area contributed by atoms with Gasteiger partial charge in [-0.1, -0.05) is 36.4 Å². The molecule has 0 aliphatic carbocycles. The van der Waals surface area contributed by atoms with Gasteiger partial charge in [0.25, 0.3) is 0 Å². The largest absolute Gasteiger partial charge is 0.321 e. The van der Waals surface area contributed by atoms with Gasteiger partial charge in [-0.05, 0) is 48.4 Å². The van der Waals surface area contributed by atoms with Crippen molar-refractivity contribution in [1.29, 1.82) is 0 Å². The van der Waals surface area contributed by atoms with Gasteiger partial charge >= 0.3 is 0 Å². The zero-order chi connectivity index (χ0) is 20.1. The molecule has 2 aromatic carbocycles. The van der Waals surface area contributed by atoms with E-state index in [1.54, 1.807) is 24.5 Å². The SMILES string of the molecule is N[C@@H](Cc1ccccc1)C(=O)c1ccc(-c2cccnn2)cc1-c1cccnn1. The summed E-state index contributed by atoms with van der Waals surface area (Å²) in [6.07, 6.45) is 3.68. The molecule has 0 unspecified atom stereocenters. The van der Waals surface area contributed by atoms with Gasteiger partial charge in [0, 0.05) is 29.1 Å². The first kappa shape index (κ1) is 18.6. The molecule has 0 saturated carbocycles. The fraction of sp³-hybridized carbons (Fsp3) is 0.0870. The third-order valence-electron chi connectivity index (χ3n) is 4.64. The molecule has 4 aromatic rings. The summed E-state index contributed by atoms with van der Waals surface area (Å²) in [7, 11) is 0. The molecule has 1 atom stereocenters. The first-order chi connectivity index (χ1) is 14.2. The van der Waals surface area contributed by atoms with Crippen molar-refractivity contribution in [3.8, 4) is 22.5 Å². The van der Waals surface area contributed by atoms with E-state index in [1.165, 1.54) is 0 Å². The van der Waals surface area contributed by atoms with Gasteiger partial charge in [0.2, 0.25) is 0 Å². The lowest BCUT2D eigenvalue weighted by atomic mass is 9.92. The van der Waals surface area contributed by atoms with E-state index in [1.807, 2.05) is 60.7 Å². The summed E-state index contributed by atoms with van der Waals surface area (Å²) in [5.41, 5.74) is 10.6. The van der Waals surface area contributed by atoms with Gasteiger partial charge in [-0.15, -0.1) is 0 Å². The lowest BCUT2D eigenvalue weighted by Crippen LogP contribution is -2.33. The standard InChI is InChI=1S/C23H19N5O/c24-20(14-16-6-2-1-3-7-16)23(29)18-11-10-17(21-8-4-12-25-27-21)15-19(18)22-9-5-13-26-28-22/h1-13,15,20H,14,24H2/t20-/m0/s1. The molecular formula is C23H19N5O. The number of rotatable bonds is 6. The van der Waals surface area contributed by atoms with Crippen LogP contribution in [0.25, 0.3) is 22.5 Å². The monoisotopic (exact) mass is 381 g/mol. The number of aromatic nitrogens is 4. The summed E-state index contributed by atoms with van der Waals surface area (Å²) < 4.78 is 0. The molecule has 0 saturated heterocycles. The zero-order valence-corrected chi connectivity index (χ0v) is 15.6. The highest BCUT2D eigenvalue weighted by molar-refractivity contribution is 6.05. The Morgan fingerprint density at radius 2 is 1.52 bits per heavy atom. The summed E-state index contributed by atoms with van der Waals surface area (Å²) in [5, 5.41) is 16.2. The van der Waals surface area contributed by atoms with Crippen LogP contribution in [0.2, 0.25) is 0 Å². The molecule has 0 aliphatic heterocycles. The molecular weight excluding hydrogens is 362 g/mol. The minimum absolute atomic E-state index is 0.139. The Morgan fingerprint density at radius 1 is 0.828 bits per heavy atom. The van der Waals surface area contributed by atoms with Gasteiger partial charge in [-0.3, -0.25) is 4.79 Å². The number of nitrogens with two attached hydrogens (primary N) is 1. The molecule has 0 aliphatic rings. The van der Waals surface area contributed by atoms with Crippen LogP contribution < -0.4 is 5.73 Å². The molecule has 2 heterocycles. The molecule has 0 spiro atoms. The van der Waals surface area contributed by atoms with Crippen LogP contribution >= 0.6 is 0 Å². The number of benzene rings is 2. The third kappa shape index (κ3) is 4.23. The Morgan fingerprint density at radius 3 is 2.17 bits per heavy atom. The first-order valence-electron chi connectivity index (χ1n) is 9.26. The second-order valence-electron chi connectivity index (χ2n) is 6.64.